The van der Waals surface area contributed by atoms with Crippen LogP contribution in [0.25, 0.3) is 0 Å². The summed E-state index contributed by atoms with van der Waals surface area (Å²) in [5.74, 6) is -0.405. The summed E-state index contributed by atoms with van der Waals surface area (Å²) in [4.78, 5) is 27.2. The van der Waals surface area contributed by atoms with Crippen LogP contribution in [0.4, 0.5) is 4.79 Å². The first-order valence-corrected chi connectivity index (χ1v) is 9.49. The Morgan fingerprint density at radius 2 is 1.93 bits per heavy atom. The average molecular weight is 373 g/mol. The van der Waals surface area contributed by atoms with Gasteiger partial charge in [-0.2, -0.15) is 0 Å². The van der Waals surface area contributed by atoms with Gasteiger partial charge < -0.3 is 20.1 Å². The summed E-state index contributed by atoms with van der Waals surface area (Å²) in [5.41, 5.74) is 3.13. The topological polar surface area (TPSA) is 79.9 Å². The lowest BCUT2D eigenvalue weighted by Crippen LogP contribution is -2.49. The molecule has 2 heterocycles. The zero-order valence-electron chi connectivity index (χ0n) is 15.9. The predicted molar refractivity (Wildman–Crippen MR) is 101 cm³/mol. The molecule has 0 bridgehead atoms. The normalized spacial score (nSPS) is 20.8. The van der Waals surface area contributed by atoms with Crippen molar-refractivity contribution in [1.82, 2.24) is 15.5 Å². The van der Waals surface area contributed by atoms with Gasteiger partial charge in [-0.15, -0.1) is 0 Å². The lowest BCUT2D eigenvalue weighted by Gasteiger charge is -2.33. The van der Waals surface area contributed by atoms with Crippen molar-refractivity contribution >= 4 is 12.0 Å². The summed E-state index contributed by atoms with van der Waals surface area (Å²) >= 11 is 0. The molecule has 1 fully saturated rings. The van der Waals surface area contributed by atoms with Gasteiger partial charge in [-0.05, 0) is 24.5 Å². The number of nitrogens with one attached hydrogen (secondary N) is 2. The van der Waals surface area contributed by atoms with Gasteiger partial charge in [0, 0.05) is 25.3 Å². The third-order valence-electron chi connectivity index (χ3n) is 4.86. The van der Waals surface area contributed by atoms with Gasteiger partial charge >= 0.3 is 12.0 Å². The molecular formula is C20H27N3O4. The first kappa shape index (κ1) is 19.4. The molecule has 0 aliphatic carbocycles. The maximum absolute atomic E-state index is 12.7. The molecule has 146 valence electrons. The van der Waals surface area contributed by atoms with Crippen LogP contribution in [-0.4, -0.2) is 56.4 Å². The van der Waals surface area contributed by atoms with Gasteiger partial charge in [0.05, 0.1) is 31.4 Å². The minimum absolute atomic E-state index is 0.280. The molecule has 2 amide bonds. The van der Waals surface area contributed by atoms with E-state index in [1.165, 1.54) is 5.56 Å². The van der Waals surface area contributed by atoms with Crippen molar-refractivity contribution in [3.63, 3.8) is 0 Å². The smallest absolute Gasteiger partial charge is 0.338 e. The third kappa shape index (κ3) is 4.67. The Balaban J connectivity index is 1.95. The molecule has 0 radical (unpaired) electrons. The standard InChI is InChI=1S/C20H27N3O4/c1-3-14-5-7-15(8-6-14)18-17(19(24)27-4-2)16(21-20(25)22-18)13-23-9-11-26-12-10-23/h5-8,18H,3-4,9-13H2,1-2H3,(H2,21,22,25). The highest BCUT2D eigenvalue weighted by atomic mass is 16.5. The van der Waals surface area contributed by atoms with Crippen molar-refractivity contribution in [3.05, 3.63) is 46.7 Å². The van der Waals surface area contributed by atoms with Gasteiger partial charge in [0.2, 0.25) is 0 Å². The maximum atomic E-state index is 12.7. The van der Waals surface area contributed by atoms with E-state index in [1.807, 2.05) is 24.3 Å². The van der Waals surface area contributed by atoms with Crippen molar-refractivity contribution in [3.8, 4) is 0 Å². The molecule has 1 unspecified atom stereocenters. The minimum Gasteiger partial charge on any atom is -0.463 e. The Kier molecular flexibility index (Phi) is 6.47. The van der Waals surface area contributed by atoms with Gasteiger partial charge in [0.15, 0.2) is 0 Å². The summed E-state index contributed by atoms with van der Waals surface area (Å²) in [6.45, 7) is 7.45. The molecule has 1 saturated heterocycles. The predicted octanol–water partition coefficient (Wildman–Crippen LogP) is 1.75. The number of morpholine rings is 1. The second-order valence-electron chi connectivity index (χ2n) is 6.63. The highest BCUT2D eigenvalue weighted by Crippen LogP contribution is 2.28. The molecule has 27 heavy (non-hydrogen) atoms. The molecule has 1 aromatic carbocycles. The fraction of sp³-hybridized carbons (Fsp3) is 0.500. The molecule has 0 aromatic heterocycles. The molecular weight excluding hydrogens is 346 g/mol. The maximum Gasteiger partial charge on any atom is 0.338 e. The van der Waals surface area contributed by atoms with E-state index in [9.17, 15) is 9.59 Å². The van der Waals surface area contributed by atoms with E-state index in [2.05, 4.69) is 22.5 Å². The number of urea groups is 1. The molecule has 2 aliphatic rings. The van der Waals surface area contributed by atoms with Gasteiger partial charge in [0.25, 0.3) is 0 Å². The molecule has 7 nitrogen and oxygen atoms in total. The molecule has 3 rings (SSSR count). The number of esters is 1. The summed E-state index contributed by atoms with van der Waals surface area (Å²) in [6, 6.07) is 7.12. The van der Waals surface area contributed by atoms with E-state index in [0.717, 1.165) is 25.1 Å². The van der Waals surface area contributed by atoms with Gasteiger partial charge in [-0.1, -0.05) is 31.2 Å². The summed E-state index contributed by atoms with van der Waals surface area (Å²) in [6.07, 6.45) is 0.932. The fourth-order valence-corrected chi connectivity index (χ4v) is 3.37. The lowest BCUT2D eigenvalue weighted by molar-refractivity contribution is -0.139. The molecule has 7 heteroatoms. The van der Waals surface area contributed by atoms with E-state index in [-0.39, 0.29) is 12.6 Å². The van der Waals surface area contributed by atoms with Crippen LogP contribution in [0.1, 0.15) is 31.0 Å². The zero-order chi connectivity index (χ0) is 19.2. The summed E-state index contributed by atoms with van der Waals surface area (Å²) < 4.78 is 10.7. The highest BCUT2D eigenvalue weighted by molar-refractivity contribution is 5.95. The molecule has 1 atom stereocenters. The second-order valence-corrected chi connectivity index (χ2v) is 6.63. The van der Waals surface area contributed by atoms with E-state index in [4.69, 9.17) is 9.47 Å². The number of ether oxygens (including phenoxy) is 2. The number of rotatable bonds is 6. The lowest BCUT2D eigenvalue weighted by atomic mass is 9.94. The average Bonchev–Trinajstić information content (AvgIpc) is 2.68. The quantitative estimate of drug-likeness (QED) is 0.743. The SMILES string of the molecule is CCOC(=O)C1=C(CN2CCOCC2)NC(=O)NC1c1ccc(CC)cc1. The van der Waals surface area contributed by atoms with Crippen LogP contribution < -0.4 is 10.6 Å². The number of hydrogen-bond donors (Lipinski definition) is 2. The van der Waals surface area contributed by atoms with Crippen molar-refractivity contribution in [2.24, 2.45) is 0 Å². The van der Waals surface area contributed by atoms with Crippen LogP contribution in [0.3, 0.4) is 0 Å². The van der Waals surface area contributed by atoms with Gasteiger partial charge in [-0.3, -0.25) is 4.90 Å². The van der Waals surface area contributed by atoms with Crippen molar-refractivity contribution in [2.45, 2.75) is 26.3 Å². The molecule has 1 aromatic rings. The molecule has 0 saturated carbocycles. The van der Waals surface area contributed by atoms with Crippen LogP contribution in [0.2, 0.25) is 0 Å². The number of carbonyl (C=O) groups excluding carboxylic acids is 2. The summed E-state index contributed by atoms with van der Waals surface area (Å²) in [7, 11) is 0. The van der Waals surface area contributed by atoms with E-state index in [1.54, 1.807) is 6.92 Å². The van der Waals surface area contributed by atoms with E-state index < -0.39 is 12.0 Å². The van der Waals surface area contributed by atoms with Gasteiger partial charge in [-0.25, -0.2) is 9.59 Å². The minimum atomic E-state index is -0.528. The van der Waals surface area contributed by atoms with Crippen molar-refractivity contribution in [1.29, 1.82) is 0 Å². The Hall–Kier alpha value is -2.38. The number of nitrogens with zero attached hydrogens (tertiary/aromatic N) is 1. The Morgan fingerprint density at radius 1 is 1.22 bits per heavy atom. The molecule has 0 spiro atoms. The second kappa shape index (κ2) is 9.01. The first-order valence-electron chi connectivity index (χ1n) is 9.49. The summed E-state index contributed by atoms with van der Waals surface area (Å²) in [5, 5.41) is 5.70. The van der Waals surface area contributed by atoms with Crippen molar-refractivity contribution in [2.75, 3.05) is 39.5 Å². The fourth-order valence-electron chi connectivity index (χ4n) is 3.37. The van der Waals surface area contributed by atoms with Crippen molar-refractivity contribution < 1.29 is 19.1 Å². The number of aryl methyl sites for hydroxylation is 1. The number of benzene rings is 1. The number of carbonyl (C=O) groups is 2. The van der Waals surface area contributed by atoms with Crippen LogP contribution >= 0.6 is 0 Å². The van der Waals surface area contributed by atoms with E-state index >= 15 is 0 Å². The Labute approximate surface area is 159 Å². The molecule has 2 aliphatic heterocycles. The zero-order valence-corrected chi connectivity index (χ0v) is 15.9. The monoisotopic (exact) mass is 373 g/mol. The largest absolute Gasteiger partial charge is 0.463 e. The third-order valence-corrected chi connectivity index (χ3v) is 4.86. The Bertz CT molecular complexity index is 708. The van der Waals surface area contributed by atoms with Gasteiger partial charge in [0.1, 0.15) is 0 Å². The Morgan fingerprint density at radius 3 is 2.56 bits per heavy atom. The van der Waals surface area contributed by atoms with Crippen LogP contribution in [0.5, 0.6) is 0 Å². The molecule has 2 N–H and O–H groups in total. The first-order chi connectivity index (χ1) is 13.1. The number of amides is 2. The number of hydrogen-bond acceptors (Lipinski definition) is 5. The van der Waals surface area contributed by atoms with Crippen LogP contribution in [-0.2, 0) is 20.7 Å². The highest BCUT2D eigenvalue weighted by Gasteiger charge is 2.34. The van der Waals surface area contributed by atoms with E-state index in [0.29, 0.717) is 31.0 Å². The van der Waals surface area contributed by atoms with Crippen LogP contribution in [0.15, 0.2) is 35.5 Å². The van der Waals surface area contributed by atoms with Crippen LogP contribution in [0, 0.1) is 0 Å².